The van der Waals surface area contributed by atoms with Crippen molar-refractivity contribution in [3.63, 3.8) is 0 Å². The number of anilines is 1. The summed E-state index contributed by atoms with van der Waals surface area (Å²) in [7, 11) is 0. The number of alkyl halides is 3. The number of hydrogen-bond donors (Lipinski definition) is 1. The van der Waals surface area contributed by atoms with Gasteiger partial charge in [0.25, 0.3) is 0 Å². The molecule has 7 heteroatoms. The Balaban J connectivity index is 2.25. The van der Waals surface area contributed by atoms with Crippen LogP contribution in [-0.4, -0.2) is 30.9 Å². The van der Waals surface area contributed by atoms with E-state index in [2.05, 4.69) is 15.0 Å². The quantitative estimate of drug-likeness (QED) is 0.805. The molecule has 0 aliphatic rings. The van der Waals surface area contributed by atoms with Gasteiger partial charge in [0.1, 0.15) is 24.2 Å². The van der Waals surface area contributed by atoms with Crippen molar-refractivity contribution in [1.82, 2.24) is 4.98 Å². The van der Waals surface area contributed by atoms with Crippen LogP contribution < -0.4 is 5.32 Å². The summed E-state index contributed by atoms with van der Waals surface area (Å²) in [5.41, 5.74) is 0.242. The second kappa shape index (κ2) is 6.06. The molecule has 0 fully saturated rings. The highest BCUT2D eigenvalue weighted by molar-refractivity contribution is 5.38. The van der Waals surface area contributed by atoms with Crippen molar-refractivity contribution in [2.45, 2.75) is 6.18 Å². The normalized spacial score (nSPS) is 10.9. The summed E-state index contributed by atoms with van der Waals surface area (Å²) < 4.78 is 39.5. The maximum absolute atomic E-state index is 11.7. The molecule has 0 aliphatic carbocycles. The first-order valence-electron chi connectivity index (χ1n) is 4.77. The predicted molar refractivity (Wildman–Crippen MR) is 54.3 cm³/mol. The zero-order valence-electron chi connectivity index (χ0n) is 8.79. The molecule has 0 bridgehead atoms. The summed E-state index contributed by atoms with van der Waals surface area (Å²) >= 11 is 0. The first-order valence-corrected chi connectivity index (χ1v) is 4.77. The van der Waals surface area contributed by atoms with Gasteiger partial charge in [-0.1, -0.05) is 6.07 Å². The molecule has 4 nitrogen and oxygen atoms in total. The Morgan fingerprint density at radius 1 is 1.41 bits per heavy atom. The van der Waals surface area contributed by atoms with Crippen molar-refractivity contribution in [2.24, 2.45) is 0 Å². The fourth-order valence-electron chi connectivity index (χ4n) is 1.03. The van der Waals surface area contributed by atoms with E-state index in [-0.39, 0.29) is 18.8 Å². The molecular formula is C10H10F3N3O. The van der Waals surface area contributed by atoms with Gasteiger partial charge in [0.15, 0.2) is 0 Å². The molecule has 0 unspecified atom stereocenters. The number of aromatic nitrogens is 1. The Hall–Kier alpha value is -1.81. The lowest BCUT2D eigenvalue weighted by molar-refractivity contribution is -0.172. The first-order chi connectivity index (χ1) is 8.01. The van der Waals surface area contributed by atoms with E-state index in [0.717, 1.165) is 0 Å². The van der Waals surface area contributed by atoms with E-state index >= 15 is 0 Å². The monoisotopic (exact) mass is 245 g/mol. The average molecular weight is 245 g/mol. The van der Waals surface area contributed by atoms with E-state index in [1.54, 1.807) is 12.1 Å². The van der Waals surface area contributed by atoms with Gasteiger partial charge in [-0.15, -0.1) is 0 Å². The highest BCUT2D eigenvalue weighted by Gasteiger charge is 2.27. The summed E-state index contributed by atoms with van der Waals surface area (Å²) in [5, 5.41) is 11.3. The van der Waals surface area contributed by atoms with Crippen LogP contribution in [0.15, 0.2) is 18.2 Å². The number of ether oxygens (including phenoxy) is 1. The van der Waals surface area contributed by atoms with Gasteiger partial charge >= 0.3 is 6.18 Å². The minimum Gasteiger partial charge on any atom is -0.370 e. The van der Waals surface area contributed by atoms with Crippen LogP contribution in [0.4, 0.5) is 19.0 Å². The van der Waals surface area contributed by atoms with E-state index in [4.69, 9.17) is 5.26 Å². The summed E-state index contributed by atoms with van der Waals surface area (Å²) in [4.78, 5) is 3.89. The minimum atomic E-state index is -4.31. The van der Waals surface area contributed by atoms with Gasteiger partial charge in [-0.05, 0) is 12.1 Å². The Labute approximate surface area is 96.0 Å². The largest absolute Gasteiger partial charge is 0.411 e. The molecular weight excluding hydrogens is 235 g/mol. The van der Waals surface area contributed by atoms with E-state index in [9.17, 15) is 13.2 Å². The molecule has 1 heterocycles. The minimum absolute atomic E-state index is 0.0853. The number of halogens is 3. The Bertz CT molecular complexity index is 401. The van der Waals surface area contributed by atoms with Crippen LogP contribution in [0, 0.1) is 11.3 Å². The second-order valence-electron chi connectivity index (χ2n) is 3.11. The summed E-state index contributed by atoms with van der Waals surface area (Å²) in [6.45, 7) is -1.16. The SMILES string of the molecule is N#Cc1cccc(NCCOCC(F)(F)F)n1. The van der Waals surface area contributed by atoms with Gasteiger partial charge in [-0.25, -0.2) is 4.98 Å². The van der Waals surface area contributed by atoms with Crippen LogP contribution in [0.5, 0.6) is 0 Å². The zero-order valence-corrected chi connectivity index (χ0v) is 8.79. The van der Waals surface area contributed by atoms with E-state index in [1.165, 1.54) is 6.07 Å². The molecule has 1 aromatic heterocycles. The number of nitrogens with one attached hydrogen (secondary N) is 1. The van der Waals surface area contributed by atoms with Gasteiger partial charge < -0.3 is 10.1 Å². The Kier molecular flexibility index (Phi) is 4.72. The van der Waals surface area contributed by atoms with Gasteiger partial charge in [-0.2, -0.15) is 18.4 Å². The highest BCUT2D eigenvalue weighted by atomic mass is 19.4. The third-order valence-corrected chi connectivity index (χ3v) is 1.68. The van der Waals surface area contributed by atoms with Crippen molar-refractivity contribution < 1.29 is 17.9 Å². The van der Waals surface area contributed by atoms with E-state index in [0.29, 0.717) is 5.82 Å². The van der Waals surface area contributed by atoms with Crippen LogP contribution in [0.25, 0.3) is 0 Å². The van der Waals surface area contributed by atoms with Crippen LogP contribution in [0.3, 0.4) is 0 Å². The van der Waals surface area contributed by atoms with Gasteiger partial charge in [0.05, 0.1) is 6.61 Å². The number of hydrogen-bond acceptors (Lipinski definition) is 4. The maximum Gasteiger partial charge on any atom is 0.411 e. The third kappa shape index (κ3) is 5.73. The first kappa shape index (κ1) is 13.3. The van der Waals surface area contributed by atoms with Crippen LogP contribution >= 0.6 is 0 Å². The molecule has 0 saturated carbocycles. The lowest BCUT2D eigenvalue weighted by Crippen LogP contribution is -2.20. The summed E-state index contributed by atoms with van der Waals surface area (Å²) in [5.74, 6) is 0.430. The number of rotatable bonds is 5. The fraction of sp³-hybridized carbons (Fsp3) is 0.400. The van der Waals surface area contributed by atoms with E-state index < -0.39 is 12.8 Å². The van der Waals surface area contributed by atoms with Crippen molar-refractivity contribution >= 4 is 5.82 Å². The zero-order chi connectivity index (χ0) is 12.7. The molecule has 92 valence electrons. The van der Waals surface area contributed by atoms with Crippen molar-refractivity contribution in [3.05, 3.63) is 23.9 Å². The topological polar surface area (TPSA) is 57.9 Å². The predicted octanol–water partition coefficient (Wildman–Crippen LogP) is 1.94. The maximum atomic E-state index is 11.7. The van der Waals surface area contributed by atoms with Crippen molar-refractivity contribution in [3.8, 4) is 6.07 Å². The molecule has 0 saturated heterocycles. The van der Waals surface area contributed by atoms with Crippen molar-refractivity contribution in [1.29, 1.82) is 5.26 Å². The Morgan fingerprint density at radius 2 is 2.18 bits per heavy atom. The molecule has 17 heavy (non-hydrogen) atoms. The number of pyridine rings is 1. The molecule has 0 aromatic carbocycles. The van der Waals surface area contributed by atoms with Crippen LogP contribution in [0.1, 0.15) is 5.69 Å². The standard InChI is InChI=1S/C10H10F3N3O/c11-10(12,13)7-17-5-4-15-9-3-1-2-8(6-14)16-9/h1-3H,4-5,7H2,(H,15,16). The van der Waals surface area contributed by atoms with Gasteiger partial charge in [0.2, 0.25) is 0 Å². The van der Waals surface area contributed by atoms with Crippen LogP contribution in [0.2, 0.25) is 0 Å². The molecule has 0 aliphatic heterocycles. The lowest BCUT2D eigenvalue weighted by Gasteiger charge is -2.08. The molecule has 0 radical (unpaired) electrons. The molecule has 0 atom stereocenters. The number of nitriles is 1. The summed E-state index contributed by atoms with van der Waals surface area (Å²) in [6.07, 6.45) is -4.31. The van der Waals surface area contributed by atoms with Gasteiger partial charge in [-0.3, -0.25) is 0 Å². The average Bonchev–Trinajstić information content (AvgIpc) is 2.27. The highest BCUT2D eigenvalue weighted by Crippen LogP contribution is 2.14. The van der Waals surface area contributed by atoms with Gasteiger partial charge in [0, 0.05) is 6.54 Å². The molecule has 1 aromatic rings. The molecule has 1 rings (SSSR count). The van der Waals surface area contributed by atoms with Crippen molar-refractivity contribution in [2.75, 3.05) is 25.1 Å². The smallest absolute Gasteiger partial charge is 0.370 e. The lowest BCUT2D eigenvalue weighted by atomic mass is 10.3. The summed E-state index contributed by atoms with van der Waals surface area (Å²) in [6, 6.07) is 6.64. The molecule has 0 spiro atoms. The second-order valence-corrected chi connectivity index (χ2v) is 3.11. The Morgan fingerprint density at radius 3 is 2.82 bits per heavy atom. The molecule has 0 amide bonds. The third-order valence-electron chi connectivity index (χ3n) is 1.68. The molecule has 1 N–H and O–H groups in total. The fourth-order valence-corrected chi connectivity index (χ4v) is 1.03. The van der Waals surface area contributed by atoms with Crippen LogP contribution in [-0.2, 0) is 4.74 Å². The number of nitrogens with zero attached hydrogens (tertiary/aromatic N) is 2. The van der Waals surface area contributed by atoms with E-state index in [1.807, 2.05) is 6.07 Å².